The molecule has 0 unspecified atom stereocenters. The van der Waals surface area contributed by atoms with Crippen molar-refractivity contribution in [2.24, 2.45) is 0 Å². The molecule has 3 rings (SSSR count). The van der Waals surface area contributed by atoms with Gasteiger partial charge in [-0.25, -0.2) is 4.79 Å². The molecule has 0 bridgehead atoms. The highest BCUT2D eigenvalue weighted by molar-refractivity contribution is 6.02. The zero-order valence-corrected chi connectivity index (χ0v) is 18.0. The molecule has 164 valence electrons. The van der Waals surface area contributed by atoms with Crippen molar-refractivity contribution in [1.82, 2.24) is 0 Å². The Balaban J connectivity index is 1.59. The lowest BCUT2D eigenvalue weighted by molar-refractivity contribution is -0.111. The summed E-state index contributed by atoms with van der Waals surface area (Å²) in [5.74, 6) is 0.519. The van der Waals surface area contributed by atoms with Crippen LogP contribution in [0.4, 0.5) is 5.69 Å². The maximum Gasteiger partial charge on any atom is 0.338 e. The number of hydrogen-bond donors (Lipinski definition) is 1. The molecule has 0 atom stereocenters. The summed E-state index contributed by atoms with van der Waals surface area (Å²) in [5, 5.41) is 2.75. The molecule has 6 nitrogen and oxygen atoms in total. The van der Waals surface area contributed by atoms with Gasteiger partial charge in [-0.2, -0.15) is 0 Å². The highest BCUT2D eigenvalue weighted by atomic mass is 16.5. The third-order valence-corrected chi connectivity index (χ3v) is 4.52. The lowest BCUT2D eigenvalue weighted by atomic mass is 10.1. The number of carbonyl (C=O) groups is 2. The van der Waals surface area contributed by atoms with Crippen molar-refractivity contribution in [3.05, 3.63) is 95.6 Å². The van der Waals surface area contributed by atoms with Crippen LogP contribution in [-0.2, 0) is 16.1 Å². The van der Waals surface area contributed by atoms with Crippen LogP contribution in [0.15, 0.2) is 78.9 Å². The van der Waals surface area contributed by atoms with Crippen molar-refractivity contribution < 1.29 is 23.8 Å². The maximum absolute atomic E-state index is 12.2. The second-order valence-corrected chi connectivity index (χ2v) is 6.80. The number of nitrogens with one attached hydrogen (secondary N) is 1. The first kappa shape index (κ1) is 22.6. The molecule has 0 aromatic heterocycles. The Bertz CT molecular complexity index is 1080. The minimum Gasteiger partial charge on any atom is -0.493 e. The molecule has 0 saturated heterocycles. The van der Waals surface area contributed by atoms with E-state index < -0.39 is 5.97 Å². The van der Waals surface area contributed by atoms with Gasteiger partial charge >= 0.3 is 5.97 Å². The fraction of sp³-hybridized carbons (Fsp3) is 0.154. The normalized spacial score (nSPS) is 10.6. The largest absolute Gasteiger partial charge is 0.493 e. The molecule has 1 amide bonds. The first-order chi connectivity index (χ1) is 15.6. The number of methoxy groups -OCH3 is 1. The summed E-state index contributed by atoms with van der Waals surface area (Å²) < 4.78 is 16.2. The number of rotatable bonds is 9. The predicted molar refractivity (Wildman–Crippen MR) is 124 cm³/mol. The second kappa shape index (κ2) is 11.4. The highest BCUT2D eigenvalue weighted by Gasteiger charge is 2.07. The van der Waals surface area contributed by atoms with E-state index in [9.17, 15) is 9.59 Å². The Morgan fingerprint density at radius 2 is 1.69 bits per heavy atom. The van der Waals surface area contributed by atoms with Crippen molar-refractivity contribution in [1.29, 1.82) is 0 Å². The number of hydrogen-bond acceptors (Lipinski definition) is 5. The summed E-state index contributed by atoms with van der Waals surface area (Å²) in [6.07, 6.45) is 3.12. The van der Waals surface area contributed by atoms with Gasteiger partial charge in [0.15, 0.2) is 11.5 Å². The summed E-state index contributed by atoms with van der Waals surface area (Å²) in [6.45, 7) is 2.50. The van der Waals surface area contributed by atoms with Crippen molar-refractivity contribution in [3.8, 4) is 11.5 Å². The molecular formula is C26H25NO5. The van der Waals surface area contributed by atoms with Gasteiger partial charge in [0, 0.05) is 11.8 Å². The van der Waals surface area contributed by atoms with Gasteiger partial charge in [-0.3, -0.25) is 4.79 Å². The molecule has 0 aliphatic heterocycles. The third-order valence-electron chi connectivity index (χ3n) is 4.52. The molecule has 6 heteroatoms. The SMILES string of the molecule is CCOC(=O)c1ccc(NC(=O)C=Cc2ccc(OCc3ccccc3)c(OC)c2)cc1. The first-order valence-electron chi connectivity index (χ1n) is 10.2. The van der Waals surface area contributed by atoms with Gasteiger partial charge in [-0.05, 0) is 60.5 Å². The van der Waals surface area contributed by atoms with Crippen LogP contribution in [0.25, 0.3) is 6.08 Å². The third kappa shape index (κ3) is 6.47. The van der Waals surface area contributed by atoms with Gasteiger partial charge in [-0.1, -0.05) is 36.4 Å². The van der Waals surface area contributed by atoms with E-state index in [0.717, 1.165) is 11.1 Å². The molecule has 0 heterocycles. The summed E-state index contributed by atoms with van der Waals surface area (Å²) >= 11 is 0. The van der Waals surface area contributed by atoms with Gasteiger partial charge in [0.05, 0.1) is 19.3 Å². The lowest BCUT2D eigenvalue weighted by Crippen LogP contribution is -2.08. The highest BCUT2D eigenvalue weighted by Crippen LogP contribution is 2.29. The Labute approximate surface area is 187 Å². The van der Waals surface area contributed by atoms with E-state index in [-0.39, 0.29) is 5.91 Å². The number of ether oxygens (including phenoxy) is 3. The number of amides is 1. The Kier molecular flexibility index (Phi) is 8.03. The first-order valence-corrected chi connectivity index (χ1v) is 10.2. The Hall–Kier alpha value is -4.06. The van der Waals surface area contributed by atoms with Gasteiger partial charge in [0.2, 0.25) is 5.91 Å². The maximum atomic E-state index is 12.2. The fourth-order valence-electron chi connectivity index (χ4n) is 2.90. The number of benzene rings is 3. The van der Waals surface area contributed by atoms with Crippen LogP contribution in [0.1, 0.15) is 28.4 Å². The molecular weight excluding hydrogens is 406 g/mol. The van der Waals surface area contributed by atoms with Gasteiger partial charge in [0.1, 0.15) is 6.61 Å². The summed E-state index contributed by atoms with van der Waals surface area (Å²) in [6, 6.07) is 21.9. The average molecular weight is 431 g/mol. The molecule has 0 spiro atoms. The number of anilines is 1. The minimum atomic E-state index is -0.393. The molecule has 0 aliphatic rings. The molecule has 0 aliphatic carbocycles. The molecule has 1 N–H and O–H groups in total. The van der Waals surface area contributed by atoms with Gasteiger partial charge < -0.3 is 19.5 Å². The van der Waals surface area contributed by atoms with E-state index in [1.807, 2.05) is 42.5 Å². The summed E-state index contributed by atoms with van der Waals surface area (Å²) in [4.78, 5) is 23.9. The van der Waals surface area contributed by atoms with Crippen LogP contribution >= 0.6 is 0 Å². The Morgan fingerprint density at radius 1 is 0.938 bits per heavy atom. The van der Waals surface area contributed by atoms with Crippen LogP contribution in [-0.4, -0.2) is 25.6 Å². The minimum absolute atomic E-state index is 0.294. The van der Waals surface area contributed by atoms with Gasteiger partial charge in [-0.15, -0.1) is 0 Å². The molecule has 0 fully saturated rings. The average Bonchev–Trinajstić information content (AvgIpc) is 2.83. The molecule has 32 heavy (non-hydrogen) atoms. The van der Waals surface area contributed by atoms with Crippen LogP contribution in [0.2, 0.25) is 0 Å². The molecule has 0 saturated carbocycles. The van der Waals surface area contributed by atoms with Crippen LogP contribution in [0.3, 0.4) is 0 Å². The smallest absolute Gasteiger partial charge is 0.338 e. The summed E-state index contributed by atoms with van der Waals surface area (Å²) in [7, 11) is 1.57. The van der Waals surface area contributed by atoms with Crippen LogP contribution in [0.5, 0.6) is 11.5 Å². The Morgan fingerprint density at radius 3 is 2.38 bits per heavy atom. The monoisotopic (exact) mass is 431 g/mol. The van der Waals surface area contributed by atoms with E-state index in [2.05, 4.69) is 5.32 Å². The zero-order valence-electron chi connectivity index (χ0n) is 18.0. The number of esters is 1. The van der Waals surface area contributed by atoms with Crippen molar-refractivity contribution in [3.63, 3.8) is 0 Å². The molecule has 0 radical (unpaired) electrons. The zero-order chi connectivity index (χ0) is 22.8. The van der Waals surface area contributed by atoms with E-state index in [1.165, 1.54) is 6.08 Å². The van der Waals surface area contributed by atoms with Crippen molar-refractivity contribution in [2.45, 2.75) is 13.5 Å². The summed E-state index contributed by atoms with van der Waals surface area (Å²) in [5.41, 5.74) is 2.87. The van der Waals surface area contributed by atoms with Crippen LogP contribution in [0, 0.1) is 0 Å². The second-order valence-electron chi connectivity index (χ2n) is 6.80. The van der Waals surface area contributed by atoms with E-state index in [1.54, 1.807) is 50.4 Å². The van der Waals surface area contributed by atoms with Gasteiger partial charge in [0.25, 0.3) is 0 Å². The van der Waals surface area contributed by atoms with Crippen molar-refractivity contribution in [2.75, 3.05) is 19.0 Å². The fourth-order valence-corrected chi connectivity index (χ4v) is 2.90. The number of carbonyl (C=O) groups excluding carboxylic acids is 2. The standard InChI is InChI=1S/C26H25NO5/c1-3-31-26(29)21-11-13-22(14-12-21)27-25(28)16-10-19-9-15-23(24(17-19)30-2)32-18-20-7-5-4-6-8-20/h4-17H,3,18H2,1-2H3,(H,27,28). The lowest BCUT2D eigenvalue weighted by Gasteiger charge is -2.11. The predicted octanol–water partition coefficient (Wildman–Crippen LogP) is 5.10. The topological polar surface area (TPSA) is 73.9 Å². The quantitative estimate of drug-likeness (QED) is 0.377. The van der Waals surface area contributed by atoms with Crippen molar-refractivity contribution >= 4 is 23.6 Å². The van der Waals surface area contributed by atoms with E-state index in [4.69, 9.17) is 14.2 Å². The molecule has 3 aromatic rings. The van der Waals surface area contributed by atoms with E-state index >= 15 is 0 Å². The van der Waals surface area contributed by atoms with E-state index in [0.29, 0.717) is 36.0 Å². The molecule has 3 aromatic carbocycles. The van der Waals surface area contributed by atoms with Crippen LogP contribution < -0.4 is 14.8 Å².